The van der Waals surface area contributed by atoms with Gasteiger partial charge in [-0.2, -0.15) is 9.97 Å². The quantitative estimate of drug-likeness (QED) is 0.796. The van der Waals surface area contributed by atoms with Gasteiger partial charge < -0.3 is 9.64 Å². The predicted molar refractivity (Wildman–Crippen MR) is 85.4 cm³/mol. The van der Waals surface area contributed by atoms with Crippen molar-refractivity contribution in [1.82, 2.24) is 19.5 Å². The first kappa shape index (κ1) is 14.2. The molecule has 0 N–H and O–H groups in total. The van der Waals surface area contributed by atoms with Gasteiger partial charge in [0, 0.05) is 19.7 Å². The Morgan fingerprint density at radius 3 is 2.64 bits per heavy atom. The molecule has 2 saturated heterocycles. The molecule has 2 aromatic heterocycles. The Kier molecular flexibility index (Phi) is 3.66. The van der Waals surface area contributed by atoms with Gasteiger partial charge in [0.05, 0.1) is 0 Å². The number of hydrogen-bond acceptors (Lipinski definition) is 5. The standard InChI is InChI=1S/C15H20ClN5O/c1-10-17-12-13(20-7-3-4-8-20)18-15(16)19-14(12)21(10)11-6-2-5-9-22-11/h11H,2-9H2,1H3. The number of aryl methyl sites for hydroxylation is 1. The Hall–Kier alpha value is -1.40. The molecule has 2 aromatic rings. The van der Waals surface area contributed by atoms with Crippen molar-refractivity contribution in [1.29, 1.82) is 0 Å². The second-order valence-corrected chi connectivity index (χ2v) is 6.37. The van der Waals surface area contributed by atoms with E-state index in [4.69, 9.17) is 21.3 Å². The van der Waals surface area contributed by atoms with Crippen molar-refractivity contribution in [3.05, 3.63) is 11.1 Å². The van der Waals surface area contributed by atoms with Gasteiger partial charge in [0.15, 0.2) is 17.0 Å². The van der Waals surface area contributed by atoms with Gasteiger partial charge in [0.2, 0.25) is 5.28 Å². The van der Waals surface area contributed by atoms with E-state index in [-0.39, 0.29) is 11.5 Å². The van der Waals surface area contributed by atoms with Gasteiger partial charge in [-0.05, 0) is 50.6 Å². The summed E-state index contributed by atoms with van der Waals surface area (Å²) in [5.74, 6) is 1.78. The van der Waals surface area contributed by atoms with Gasteiger partial charge in [-0.15, -0.1) is 0 Å². The maximum atomic E-state index is 6.19. The number of rotatable bonds is 2. The minimum atomic E-state index is 0.0103. The van der Waals surface area contributed by atoms with Crippen LogP contribution in [0.2, 0.25) is 5.28 Å². The molecule has 0 radical (unpaired) electrons. The third-order valence-corrected chi connectivity index (χ3v) is 4.69. The fourth-order valence-electron chi connectivity index (χ4n) is 3.46. The highest BCUT2D eigenvalue weighted by atomic mass is 35.5. The lowest BCUT2D eigenvalue weighted by molar-refractivity contribution is -0.0309. The summed E-state index contributed by atoms with van der Waals surface area (Å²) in [6.45, 7) is 4.81. The van der Waals surface area contributed by atoms with E-state index < -0.39 is 0 Å². The van der Waals surface area contributed by atoms with Crippen LogP contribution in [0.4, 0.5) is 5.82 Å². The molecule has 118 valence electrons. The fraction of sp³-hybridized carbons (Fsp3) is 0.667. The summed E-state index contributed by atoms with van der Waals surface area (Å²) in [7, 11) is 0. The van der Waals surface area contributed by atoms with Crippen molar-refractivity contribution >= 4 is 28.6 Å². The van der Waals surface area contributed by atoms with Crippen LogP contribution in [0.25, 0.3) is 11.2 Å². The molecule has 0 aliphatic carbocycles. The first-order chi connectivity index (χ1) is 10.7. The van der Waals surface area contributed by atoms with Gasteiger partial charge in [0.1, 0.15) is 12.1 Å². The predicted octanol–water partition coefficient (Wildman–Crippen LogP) is 3.09. The average molecular weight is 322 g/mol. The van der Waals surface area contributed by atoms with Crippen molar-refractivity contribution in [3.8, 4) is 0 Å². The second-order valence-electron chi connectivity index (χ2n) is 6.03. The topological polar surface area (TPSA) is 56.1 Å². The number of hydrogen-bond donors (Lipinski definition) is 0. The van der Waals surface area contributed by atoms with Crippen LogP contribution in [0.5, 0.6) is 0 Å². The molecule has 0 spiro atoms. The molecule has 1 atom stereocenters. The Balaban J connectivity index is 1.85. The summed E-state index contributed by atoms with van der Waals surface area (Å²) >= 11 is 6.19. The molecular formula is C15H20ClN5O. The van der Waals surface area contributed by atoms with Gasteiger partial charge in [-0.3, -0.25) is 4.57 Å². The zero-order valence-electron chi connectivity index (χ0n) is 12.8. The average Bonchev–Trinajstić information content (AvgIpc) is 3.14. The zero-order valence-corrected chi connectivity index (χ0v) is 13.5. The first-order valence-electron chi connectivity index (χ1n) is 8.02. The van der Waals surface area contributed by atoms with E-state index in [0.29, 0.717) is 0 Å². The summed E-state index contributed by atoms with van der Waals surface area (Å²) in [6.07, 6.45) is 5.67. The number of nitrogens with zero attached hydrogens (tertiary/aromatic N) is 5. The second kappa shape index (κ2) is 5.66. The summed E-state index contributed by atoms with van der Waals surface area (Å²) in [4.78, 5) is 15.9. The maximum absolute atomic E-state index is 6.19. The van der Waals surface area contributed by atoms with Crippen molar-refractivity contribution in [2.75, 3.05) is 24.6 Å². The van der Waals surface area contributed by atoms with E-state index in [0.717, 1.165) is 55.3 Å². The number of imidazole rings is 1. The third kappa shape index (κ3) is 2.34. The zero-order chi connectivity index (χ0) is 15.1. The molecule has 1 unspecified atom stereocenters. The number of halogens is 1. The van der Waals surface area contributed by atoms with Crippen LogP contribution in [0.3, 0.4) is 0 Å². The van der Waals surface area contributed by atoms with Crippen LogP contribution < -0.4 is 4.90 Å². The van der Waals surface area contributed by atoms with Gasteiger partial charge in [-0.1, -0.05) is 0 Å². The van der Waals surface area contributed by atoms with Crippen molar-refractivity contribution < 1.29 is 4.74 Å². The molecule has 6 nitrogen and oxygen atoms in total. The van der Waals surface area contributed by atoms with Crippen molar-refractivity contribution in [3.63, 3.8) is 0 Å². The van der Waals surface area contributed by atoms with E-state index in [1.165, 1.54) is 19.3 Å². The smallest absolute Gasteiger partial charge is 0.226 e. The van der Waals surface area contributed by atoms with Gasteiger partial charge >= 0.3 is 0 Å². The third-order valence-electron chi connectivity index (χ3n) is 4.52. The van der Waals surface area contributed by atoms with Gasteiger partial charge in [-0.25, -0.2) is 4.98 Å². The minimum absolute atomic E-state index is 0.0103. The van der Waals surface area contributed by atoms with E-state index in [9.17, 15) is 0 Å². The van der Waals surface area contributed by atoms with E-state index >= 15 is 0 Å². The Morgan fingerprint density at radius 2 is 1.91 bits per heavy atom. The van der Waals surface area contributed by atoms with Crippen LogP contribution in [0.1, 0.15) is 44.2 Å². The number of anilines is 1. The fourth-order valence-corrected chi connectivity index (χ4v) is 3.62. The SMILES string of the molecule is Cc1nc2c(N3CCCC3)nc(Cl)nc2n1C1CCCCO1. The summed E-state index contributed by atoms with van der Waals surface area (Å²) in [5.41, 5.74) is 1.64. The molecule has 0 saturated carbocycles. The molecular weight excluding hydrogens is 302 g/mol. The highest BCUT2D eigenvalue weighted by Crippen LogP contribution is 2.32. The van der Waals surface area contributed by atoms with E-state index in [2.05, 4.69) is 19.4 Å². The molecule has 22 heavy (non-hydrogen) atoms. The van der Waals surface area contributed by atoms with E-state index in [1.54, 1.807) is 0 Å². The minimum Gasteiger partial charge on any atom is -0.358 e. The highest BCUT2D eigenvalue weighted by Gasteiger charge is 2.26. The lowest BCUT2D eigenvalue weighted by Gasteiger charge is -2.25. The molecule has 7 heteroatoms. The molecule has 0 amide bonds. The molecule has 4 heterocycles. The first-order valence-corrected chi connectivity index (χ1v) is 8.40. The van der Waals surface area contributed by atoms with Crippen LogP contribution in [-0.2, 0) is 4.74 Å². The Morgan fingerprint density at radius 1 is 1.09 bits per heavy atom. The normalized spacial score (nSPS) is 22.6. The van der Waals surface area contributed by atoms with Crippen LogP contribution >= 0.6 is 11.6 Å². The van der Waals surface area contributed by atoms with Gasteiger partial charge in [0.25, 0.3) is 0 Å². The lowest BCUT2D eigenvalue weighted by Crippen LogP contribution is -2.21. The molecule has 2 aliphatic heterocycles. The van der Waals surface area contributed by atoms with E-state index in [1.807, 2.05) is 6.92 Å². The number of fused-ring (bicyclic) bond motifs is 1. The molecule has 0 aromatic carbocycles. The Bertz CT molecular complexity index is 689. The molecule has 2 aliphatic rings. The lowest BCUT2D eigenvalue weighted by atomic mass is 10.2. The van der Waals surface area contributed by atoms with Crippen molar-refractivity contribution in [2.45, 2.75) is 45.3 Å². The highest BCUT2D eigenvalue weighted by molar-refractivity contribution is 6.28. The van der Waals surface area contributed by atoms with Crippen LogP contribution in [0.15, 0.2) is 0 Å². The summed E-state index contributed by atoms with van der Waals surface area (Å²) in [6, 6.07) is 0. The van der Waals surface area contributed by atoms with Crippen molar-refractivity contribution in [2.24, 2.45) is 0 Å². The molecule has 0 bridgehead atoms. The van der Waals surface area contributed by atoms with Crippen LogP contribution in [-0.4, -0.2) is 39.2 Å². The number of ether oxygens (including phenoxy) is 1. The number of aromatic nitrogens is 4. The van der Waals surface area contributed by atoms with Crippen LogP contribution in [0, 0.1) is 6.92 Å². The maximum Gasteiger partial charge on any atom is 0.226 e. The summed E-state index contributed by atoms with van der Waals surface area (Å²) < 4.78 is 8.01. The summed E-state index contributed by atoms with van der Waals surface area (Å²) in [5, 5.41) is 0.284. The monoisotopic (exact) mass is 321 g/mol. The largest absolute Gasteiger partial charge is 0.358 e. The molecule has 2 fully saturated rings. The Labute approximate surface area is 134 Å². The molecule has 4 rings (SSSR count).